The Hall–Kier alpha value is -4.33. The van der Waals surface area contributed by atoms with Gasteiger partial charge in [-0.3, -0.25) is 9.36 Å². The van der Waals surface area contributed by atoms with Crippen LogP contribution in [0.25, 0.3) is 22.4 Å². The lowest BCUT2D eigenvalue weighted by atomic mass is 10.2. The zero-order valence-corrected chi connectivity index (χ0v) is 19.7. The molecule has 0 atom stereocenters. The zero-order valence-electron chi connectivity index (χ0n) is 19.7. The number of hydrogen-bond donors (Lipinski definition) is 1. The molecule has 6 rings (SSSR count). The first-order valence-electron chi connectivity index (χ1n) is 11.7. The highest BCUT2D eigenvalue weighted by Crippen LogP contribution is 2.28. The number of ether oxygens (including phenoxy) is 1. The molecule has 2 aromatic carbocycles. The van der Waals surface area contributed by atoms with Gasteiger partial charge in [-0.1, -0.05) is 30.3 Å². The number of carbonyl (C=O) groups excluding carboxylic acids is 1. The standard InChI is InChI=1S/C27H26N6O2/c1-31(17-18-7-11-21(35-2)12-8-18)23-15-25(32-14-13-19-5-3-4-6-22(19)32)30-33-24(16-28-26(23)33)27(34)29-20-9-10-20/h3-8,11-16,20H,9-10,17H2,1-2H3,(H,29,34). The summed E-state index contributed by atoms with van der Waals surface area (Å²) >= 11 is 0. The van der Waals surface area contributed by atoms with E-state index in [1.807, 2.05) is 60.3 Å². The van der Waals surface area contributed by atoms with Gasteiger partial charge >= 0.3 is 0 Å². The molecule has 1 N–H and O–H groups in total. The van der Waals surface area contributed by atoms with Crippen molar-refractivity contribution >= 4 is 28.1 Å². The second-order valence-electron chi connectivity index (χ2n) is 8.96. The number of fused-ring (bicyclic) bond motifs is 2. The second-order valence-corrected chi connectivity index (χ2v) is 8.96. The topological polar surface area (TPSA) is 76.7 Å². The highest BCUT2D eigenvalue weighted by atomic mass is 16.5. The number of benzene rings is 2. The lowest BCUT2D eigenvalue weighted by Crippen LogP contribution is -2.27. The van der Waals surface area contributed by atoms with Crippen LogP contribution in [0.4, 0.5) is 5.69 Å². The molecule has 0 radical (unpaired) electrons. The van der Waals surface area contributed by atoms with Gasteiger partial charge in [0, 0.05) is 31.9 Å². The molecule has 1 amide bonds. The van der Waals surface area contributed by atoms with Gasteiger partial charge < -0.3 is 15.0 Å². The fraction of sp³-hybridized carbons (Fsp3) is 0.222. The Balaban J connectivity index is 1.46. The molecular weight excluding hydrogens is 440 g/mol. The average molecular weight is 467 g/mol. The van der Waals surface area contributed by atoms with Gasteiger partial charge in [0.15, 0.2) is 17.2 Å². The highest BCUT2D eigenvalue weighted by molar-refractivity contribution is 5.94. The number of imidazole rings is 1. The smallest absolute Gasteiger partial charge is 0.271 e. The number of carbonyl (C=O) groups is 1. The van der Waals surface area contributed by atoms with Gasteiger partial charge in [0.25, 0.3) is 5.91 Å². The van der Waals surface area contributed by atoms with E-state index >= 15 is 0 Å². The number of aromatic nitrogens is 4. The Morgan fingerprint density at radius 1 is 1.14 bits per heavy atom. The van der Waals surface area contributed by atoms with Crippen LogP contribution in [-0.4, -0.2) is 45.3 Å². The minimum atomic E-state index is -0.147. The predicted molar refractivity (Wildman–Crippen MR) is 135 cm³/mol. The molecule has 8 heteroatoms. The van der Waals surface area contributed by atoms with E-state index in [9.17, 15) is 4.79 Å². The minimum Gasteiger partial charge on any atom is -0.497 e. The monoisotopic (exact) mass is 466 g/mol. The first-order chi connectivity index (χ1) is 17.1. The van der Waals surface area contributed by atoms with Crippen LogP contribution in [0.3, 0.4) is 0 Å². The molecule has 3 aromatic heterocycles. The van der Waals surface area contributed by atoms with Crippen molar-refractivity contribution < 1.29 is 9.53 Å². The van der Waals surface area contributed by atoms with Crippen molar-refractivity contribution in [2.45, 2.75) is 25.4 Å². The normalized spacial score (nSPS) is 13.3. The van der Waals surface area contributed by atoms with Crippen molar-refractivity contribution in [3.63, 3.8) is 0 Å². The summed E-state index contributed by atoms with van der Waals surface area (Å²) in [6, 6.07) is 20.5. The lowest BCUT2D eigenvalue weighted by molar-refractivity contribution is 0.0944. The van der Waals surface area contributed by atoms with E-state index in [0.29, 0.717) is 23.7 Å². The maximum atomic E-state index is 13.0. The summed E-state index contributed by atoms with van der Waals surface area (Å²) in [6.07, 6.45) is 5.66. The van der Waals surface area contributed by atoms with Crippen LogP contribution in [0, 0.1) is 0 Å². The first-order valence-corrected chi connectivity index (χ1v) is 11.7. The highest BCUT2D eigenvalue weighted by Gasteiger charge is 2.26. The van der Waals surface area contributed by atoms with E-state index < -0.39 is 0 Å². The van der Waals surface area contributed by atoms with Gasteiger partial charge in [-0.25, -0.2) is 9.50 Å². The van der Waals surface area contributed by atoms with E-state index in [1.54, 1.807) is 17.8 Å². The Kier molecular flexibility index (Phi) is 5.13. The maximum absolute atomic E-state index is 13.0. The van der Waals surface area contributed by atoms with E-state index in [0.717, 1.165) is 40.7 Å². The third kappa shape index (κ3) is 3.97. The van der Waals surface area contributed by atoms with Crippen LogP contribution in [0.2, 0.25) is 0 Å². The zero-order chi connectivity index (χ0) is 23.9. The molecule has 35 heavy (non-hydrogen) atoms. The van der Waals surface area contributed by atoms with Crippen molar-refractivity contribution in [3.8, 4) is 11.6 Å². The van der Waals surface area contributed by atoms with Gasteiger partial charge in [-0.2, -0.15) is 0 Å². The number of rotatable bonds is 7. The van der Waals surface area contributed by atoms with Crippen molar-refractivity contribution in [1.82, 2.24) is 24.5 Å². The quantitative estimate of drug-likeness (QED) is 0.389. The molecule has 8 nitrogen and oxygen atoms in total. The summed E-state index contributed by atoms with van der Waals surface area (Å²) in [4.78, 5) is 19.7. The number of hydrogen-bond acceptors (Lipinski definition) is 5. The number of para-hydroxylation sites is 1. The third-order valence-electron chi connectivity index (χ3n) is 6.42. The van der Waals surface area contributed by atoms with Crippen LogP contribution < -0.4 is 15.0 Å². The maximum Gasteiger partial charge on any atom is 0.271 e. The van der Waals surface area contributed by atoms with Crippen LogP contribution in [-0.2, 0) is 6.54 Å². The summed E-state index contributed by atoms with van der Waals surface area (Å²) in [6.45, 7) is 0.659. The van der Waals surface area contributed by atoms with E-state index in [-0.39, 0.29) is 11.9 Å². The minimum absolute atomic E-state index is 0.147. The third-order valence-corrected chi connectivity index (χ3v) is 6.42. The first kappa shape index (κ1) is 21.2. The van der Waals surface area contributed by atoms with Crippen LogP contribution in [0.5, 0.6) is 5.75 Å². The van der Waals surface area contributed by atoms with E-state index in [4.69, 9.17) is 9.84 Å². The fourth-order valence-corrected chi connectivity index (χ4v) is 4.35. The molecule has 1 aliphatic carbocycles. The summed E-state index contributed by atoms with van der Waals surface area (Å²) < 4.78 is 9.00. The van der Waals surface area contributed by atoms with Crippen molar-refractivity contribution in [1.29, 1.82) is 0 Å². The summed E-state index contributed by atoms with van der Waals surface area (Å²) in [5.41, 5.74) is 4.14. The molecule has 0 bridgehead atoms. The number of amides is 1. The lowest BCUT2D eigenvalue weighted by Gasteiger charge is -2.21. The average Bonchev–Trinajstić information content (AvgIpc) is 3.42. The van der Waals surface area contributed by atoms with Crippen molar-refractivity contribution in [2.75, 3.05) is 19.1 Å². The predicted octanol–water partition coefficient (Wildman–Crippen LogP) is 4.21. The van der Waals surface area contributed by atoms with Crippen molar-refractivity contribution in [2.24, 2.45) is 0 Å². The summed E-state index contributed by atoms with van der Waals surface area (Å²) in [5.74, 6) is 1.39. The number of anilines is 1. The largest absolute Gasteiger partial charge is 0.497 e. The van der Waals surface area contributed by atoms with Crippen LogP contribution >= 0.6 is 0 Å². The van der Waals surface area contributed by atoms with Crippen LogP contribution in [0.15, 0.2) is 73.1 Å². The van der Waals surface area contributed by atoms with E-state index in [1.165, 1.54) is 0 Å². The molecule has 3 heterocycles. The molecule has 0 aliphatic heterocycles. The van der Waals surface area contributed by atoms with Crippen LogP contribution in [0.1, 0.15) is 28.9 Å². The number of methoxy groups -OCH3 is 1. The second kappa shape index (κ2) is 8.47. The molecule has 0 unspecified atom stereocenters. The van der Waals surface area contributed by atoms with Gasteiger partial charge in [-0.05, 0) is 48.1 Å². The molecule has 1 fully saturated rings. The SMILES string of the molecule is COc1ccc(CN(C)c2cc(-n3ccc4ccccc43)nn3c(C(=O)NC4CC4)cnc23)cc1. The van der Waals surface area contributed by atoms with E-state index in [2.05, 4.69) is 33.4 Å². The number of nitrogens with one attached hydrogen (secondary N) is 1. The summed E-state index contributed by atoms with van der Waals surface area (Å²) in [5, 5.41) is 9.05. The molecule has 176 valence electrons. The van der Waals surface area contributed by atoms with Gasteiger partial charge in [0.2, 0.25) is 0 Å². The van der Waals surface area contributed by atoms with Gasteiger partial charge in [0.05, 0.1) is 24.5 Å². The Labute approximate surface area is 202 Å². The Morgan fingerprint density at radius 2 is 1.94 bits per heavy atom. The summed E-state index contributed by atoms with van der Waals surface area (Å²) in [7, 11) is 3.69. The molecule has 0 spiro atoms. The fourth-order valence-electron chi connectivity index (χ4n) is 4.35. The molecular formula is C27H26N6O2. The van der Waals surface area contributed by atoms with Gasteiger partial charge in [-0.15, -0.1) is 5.10 Å². The molecule has 0 saturated heterocycles. The molecule has 5 aromatic rings. The Bertz CT molecular complexity index is 1530. The van der Waals surface area contributed by atoms with Gasteiger partial charge in [0.1, 0.15) is 5.75 Å². The Morgan fingerprint density at radius 3 is 2.71 bits per heavy atom. The number of nitrogens with zero attached hydrogens (tertiary/aromatic N) is 5. The molecule has 1 aliphatic rings. The van der Waals surface area contributed by atoms with Crippen molar-refractivity contribution in [3.05, 3.63) is 84.3 Å². The molecule has 1 saturated carbocycles.